The van der Waals surface area contributed by atoms with Gasteiger partial charge < -0.3 is 23.7 Å². The maximum absolute atomic E-state index is 12.5. The standard InChI is InChI=1S/C27H38O6/c1-19-13-23(11-12-28)32-24(14-19)15-20(2)16-25(33-26(29)27(3,4)5)18-31-17-21-7-9-22(30-6)10-8-21/h7-10,12,15,23-25H,1,11,13-14,16-18H2,2-6H3/b20-15+/t23-,24-,25-/m0/s1. The van der Waals surface area contributed by atoms with Crippen molar-refractivity contribution in [1.29, 1.82) is 0 Å². The normalized spacial score (nSPS) is 20.3. The number of benzene rings is 1. The lowest BCUT2D eigenvalue weighted by Gasteiger charge is -2.30. The number of esters is 1. The summed E-state index contributed by atoms with van der Waals surface area (Å²) in [5.41, 5.74) is 2.54. The van der Waals surface area contributed by atoms with Gasteiger partial charge in [-0.05, 0) is 58.2 Å². The molecule has 1 aliphatic heterocycles. The summed E-state index contributed by atoms with van der Waals surface area (Å²) in [4.78, 5) is 23.4. The van der Waals surface area contributed by atoms with Crippen molar-refractivity contribution in [2.24, 2.45) is 5.41 Å². The molecule has 0 aliphatic carbocycles. The largest absolute Gasteiger partial charge is 0.497 e. The van der Waals surface area contributed by atoms with Crippen molar-refractivity contribution in [3.63, 3.8) is 0 Å². The third-order valence-electron chi connectivity index (χ3n) is 5.37. The molecule has 6 nitrogen and oxygen atoms in total. The van der Waals surface area contributed by atoms with E-state index in [9.17, 15) is 9.59 Å². The quantitative estimate of drug-likeness (QED) is 0.258. The summed E-state index contributed by atoms with van der Waals surface area (Å²) in [6.45, 7) is 12.3. The lowest BCUT2D eigenvalue weighted by Crippen LogP contribution is -2.31. The maximum atomic E-state index is 12.5. The second-order valence-corrected chi connectivity index (χ2v) is 9.71. The van der Waals surface area contributed by atoms with E-state index in [1.807, 2.05) is 58.0 Å². The van der Waals surface area contributed by atoms with Gasteiger partial charge >= 0.3 is 5.97 Å². The molecule has 0 bridgehead atoms. The first kappa shape index (κ1) is 26.8. The first-order chi connectivity index (χ1) is 15.6. The monoisotopic (exact) mass is 458 g/mol. The highest BCUT2D eigenvalue weighted by atomic mass is 16.6. The van der Waals surface area contributed by atoms with Crippen LogP contribution in [-0.2, 0) is 30.4 Å². The number of carbonyl (C=O) groups is 2. The molecule has 1 saturated heterocycles. The summed E-state index contributed by atoms with van der Waals surface area (Å²) in [5, 5.41) is 0. The summed E-state index contributed by atoms with van der Waals surface area (Å²) in [5.74, 6) is 0.529. The molecular formula is C27H38O6. The van der Waals surface area contributed by atoms with Crippen molar-refractivity contribution in [2.45, 2.75) is 78.3 Å². The molecule has 1 aromatic carbocycles. The Balaban J connectivity index is 2.00. The second kappa shape index (κ2) is 12.7. The number of hydrogen-bond acceptors (Lipinski definition) is 6. The Bertz CT molecular complexity index is 818. The third kappa shape index (κ3) is 9.52. The number of ether oxygens (including phenoxy) is 4. The third-order valence-corrected chi connectivity index (χ3v) is 5.37. The topological polar surface area (TPSA) is 71.1 Å². The zero-order valence-corrected chi connectivity index (χ0v) is 20.6. The van der Waals surface area contributed by atoms with Crippen LogP contribution in [-0.4, -0.2) is 44.3 Å². The fourth-order valence-electron chi connectivity index (χ4n) is 3.61. The van der Waals surface area contributed by atoms with Crippen LogP contribution < -0.4 is 4.74 Å². The van der Waals surface area contributed by atoms with Crippen molar-refractivity contribution in [1.82, 2.24) is 0 Å². The van der Waals surface area contributed by atoms with Crippen LogP contribution in [0.25, 0.3) is 0 Å². The van der Waals surface area contributed by atoms with E-state index in [0.29, 0.717) is 25.9 Å². The van der Waals surface area contributed by atoms with Gasteiger partial charge in [-0.15, -0.1) is 0 Å². The highest BCUT2D eigenvalue weighted by molar-refractivity contribution is 5.75. The van der Waals surface area contributed by atoms with Gasteiger partial charge in [-0.1, -0.05) is 35.9 Å². The summed E-state index contributed by atoms with van der Waals surface area (Å²) >= 11 is 0. The van der Waals surface area contributed by atoms with Crippen LogP contribution in [0.5, 0.6) is 5.75 Å². The van der Waals surface area contributed by atoms with Gasteiger partial charge in [-0.25, -0.2) is 0 Å². The van der Waals surface area contributed by atoms with Gasteiger partial charge in [0.1, 0.15) is 18.1 Å². The lowest BCUT2D eigenvalue weighted by molar-refractivity contribution is -0.161. The Hall–Kier alpha value is -2.44. The van der Waals surface area contributed by atoms with Crippen molar-refractivity contribution >= 4 is 12.3 Å². The molecule has 1 aliphatic rings. The molecule has 0 spiro atoms. The van der Waals surface area contributed by atoms with E-state index in [1.165, 1.54) is 0 Å². The Morgan fingerprint density at radius 1 is 1.24 bits per heavy atom. The fraction of sp³-hybridized carbons (Fsp3) is 0.556. The summed E-state index contributed by atoms with van der Waals surface area (Å²) in [6, 6.07) is 7.67. The molecule has 1 heterocycles. The van der Waals surface area contributed by atoms with Crippen LogP contribution in [0.1, 0.15) is 58.9 Å². The summed E-state index contributed by atoms with van der Waals surface area (Å²) < 4.78 is 22.9. The van der Waals surface area contributed by atoms with Gasteiger partial charge in [-0.2, -0.15) is 0 Å². The first-order valence-electron chi connectivity index (χ1n) is 11.5. The minimum atomic E-state index is -0.599. The van der Waals surface area contributed by atoms with E-state index >= 15 is 0 Å². The minimum absolute atomic E-state index is 0.125. The van der Waals surface area contributed by atoms with Crippen LogP contribution in [0.2, 0.25) is 0 Å². The number of hydrogen-bond donors (Lipinski definition) is 0. The fourth-order valence-corrected chi connectivity index (χ4v) is 3.61. The van der Waals surface area contributed by atoms with E-state index in [0.717, 1.165) is 35.2 Å². The van der Waals surface area contributed by atoms with Crippen molar-refractivity contribution in [3.8, 4) is 5.75 Å². The zero-order chi connectivity index (χ0) is 24.4. The number of methoxy groups -OCH3 is 1. The van der Waals surface area contributed by atoms with E-state index in [2.05, 4.69) is 6.58 Å². The average molecular weight is 459 g/mol. The van der Waals surface area contributed by atoms with Crippen LogP contribution >= 0.6 is 0 Å². The smallest absolute Gasteiger partial charge is 0.311 e. The molecule has 0 radical (unpaired) electrons. The molecule has 1 aromatic rings. The molecule has 182 valence electrons. The Morgan fingerprint density at radius 3 is 2.55 bits per heavy atom. The predicted octanol–water partition coefficient (Wildman–Crippen LogP) is 5.20. The molecule has 33 heavy (non-hydrogen) atoms. The Labute approximate surface area is 197 Å². The van der Waals surface area contributed by atoms with Crippen molar-refractivity contribution < 1.29 is 28.5 Å². The predicted molar refractivity (Wildman–Crippen MR) is 128 cm³/mol. The van der Waals surface area contributed by atoms with Gasteiger partial charge in [0.2, 0.25) is 0 Å². The van der Waals surface area contributed by atoms with E-state index in [-0.39, 0.29) is 24.8 Å². The zero-order valence-electron chi connectivity index (χ0n) is 20.6. The maximum Gasteiger partial charge on any atom is 0.311 e. The van der Waals surface area contributed by atoms with E-state index in [1.54, 1.807) is 7.11 Å². The van der Waals surface area contributed by atoms with E-state index in [4.69, 9.17) is 18.9 Å². The molecule has 2 rings (SSSR count). The highest BCUT2D eigenvalue weighted by Crippen LogP contribution is 2.27. The van der Waals surface area contributed by atoms with E-state index < -0.39 is 11.5 Å². The summed E-state index contributed by atoms with van der Waals surface area (Å²) in [6.07, 6.45) is 4.62. The van der Waals surface area contributed by atoms with Crippen molar-refractivity contribution in [2.75, 3.05) is 13.7 Å². The Kier molecular flexibility index (Phi) is 10.3. The number of aldehydes is 1. The molecule has 6 heteroatoms. The molecule has 0 unspecified atom stereocenters. The highest BCUT2D eigenvalue weighted by Gasteiger charge is 2.27. The van der Waals surface area contributed by atoms with Gasteiger partial charge in [-0.3, -0.25) is 4.79 Å². The lowest BCUT2D eigenvalue weighted by atomic mass is 9.95. The Morgan fingerprint density at radius 2 is 1.94 bits per heavy atom. The van der Waals surface area contributed by atoms with Crippen LogP contribution in [0.3, 0.4) is 0 Å². The number of carbonyl (C=O) groups excluding carboxylic acids is 2. The number of rotatable bonds is 11. The minimum Gasteiger partial charge on any atom is -0.497 e. The van der Waals surface area contributed by atoms with Gasteiger partial charge in [0.25, 0.3) is 0 Å². The second-order valence-electron chi connectivity index (χ2n) is 9.71. The molecule has 0 amide bonds. The molecular weight excluding hydrogens is 420 g/mol. The van der Waals surface area contributed by atoms with Gasteiger partial charge in [0.15, 0.2) is 0 Å². The van der Waals surface area contributed by atoms with Gasteiger partial charge in [0.05, 0.1) is 37.9 Å². The summed E-state index contributed by atoms with van der Waals surface area (Å²) in [7, 11) is 1.63. The van der Waals surface area contributed by atoms with Crippen molar-refractivity contribution in [3.05, 3.63) is 53.6 Å². The molecule has 1 fully saturated rings. The first-order valence-corrected chi connectivity index (χ1v) is 11.5. The molecule has 0 saturated carbocycles. The van der Waals surface area contributed by atoms with Gasteiger partial charge in [0, 0.05) is 12.8 Å². The van der Waals surface area contributed by atoms with Crippen LogP contribution in [0.15, 0.2) is 48.1 Å². The molecule has 0 N–H and O–H groups in total. The van der Waals surface area contributed by atoms with Crippen LogP contribution in [0, 0.1) is 5.41 Å². The average Bonchev–Trinajstić information content (AvgIpc) is 2.73. The SMILES string of the molecule is C=C1C[C@H](CC=O)O[C@H](/C=C(\C)C[C@@H](COCc2ccc(OC)cc2)OC(=O)C(C)(C)C)C1. The molecule has 3 atom stereocenters. The van der Waals surface area contributed by atoms with Crippen LogP contribution in [0.4, 0.5) is 0 Å². The molecule has 0 aromatic heterocycles.